The van der Waals surface area contributed by atoms with Crippen molar-refractivity contribution in [2.45, 2.75) is 44.6 Å². The lowest BCUT2D eigenvalue weighted by Crippen LogP contribution is -2.38. The summed E-state index contributed by atoms with van der Waals surface area (Å²) < 4.78 is 0. The molecule has 0 saturated heterocycles. The van der Waals surface area contributed by atoms with Crippen molar-refractivity contribution < 1.29 is 9.90 Å². The first-order valence-corrected chi connectivity index (χ1v) is 6.80. The number of hydrogen-bond donors (Lipinski definition) is 2. The number of aliphatic hydroxyl groups is 1. The topological polar surface area (TPSA) is 86.0 Å². The first-order valence-electron chi connectivity index (χ1n) is 6.80. The lowest BCUT2D eigenvalue weighted by Gasteiger charge is -2.36. The average Bonchev–Trinajstić information content (AvgIpc) is 2.42. The molecule has 0 bridgehead atoms. The Morgan fingerprint density at radius 1 is 1.60 bits per heavy atom. The highest BCUT2D eigenvalue weighted by Crippen LogP contribution is 2.40. The van der Waals surface area contributed by atoms with E-state index < -0.39 is 11.5 Å². The Morgan fingerprint density at radius 2 is 2.35 bits per heavy atom. The lowest BCUT2D eigenvalue weighted by molar-refractivity contribution is -0.114. The number of carbonyl (C=O) groups is 1. The number of aliphatic hydroxyl groups excluding tert-OH is 1. The van der Waals surface area contributed by atoms with Gasteiger partial charge in [0.25, 0.3) is 0 Å². The van der Waals surface area contributed by atoms with E-state index in [0.717, 1.165) is 6.42 Å². The van der Waals surface area contributed by atoms with Gasteiger partial charge in [0.2, 0.25) is 5.91 Å². The monoisotopic (exact) mass is 273 g/mol. The Labute approximate surface area is 118 Å². The highest BCUT2D eigenvalue weighted by molar-refractivity contribution is 5.88. The molecule has 1 aromatic heterocycles. The molecular formula is C15H19N3O2. The first-order chi connectivity index (χ1) is 9.47. The zero-order chi connectivity index (χ0) is 14.8. The molecule has 3 atom stereocenters. The summed E-state index contributed by atoms with van der Waals surface area (Å²) in [5.74, 6) is 0.0617. The number of nitriles is 1. The number of pyridine rings is 1. The zero-order valence-electron chi connectivity index (χ0n) is 11.8. The van der Waals surface area contributed by atoms with Gasteiger partial charge in [-0.3, -0.25) is 9.78 Å². The molecule has 0 spiro atoms. The first kappa shape index (κ1) is 14.5. The molecular weight excluding hydrogens is 254 g/mol. The second-order valence-electron chi connectivity index (χ2n) is 5.59. The maximum atomic E-state index is 11.0. The molecule has 2 rings (SSSR count). The van der Waals surface area contributed by atoms with Gasteiger partial charge >= 0.3 is 0 Å². The van der Waals surface area contributed by atoms with Crippen molar-refractivity contribution in [3.63, 3.8) is 0 Å². The molecule has 5 heteroatoms. The third kappa shape index (κ3) is 2.81. The van der Waals surface area contributed by atoms with Gasteiger partial charge in [-0.05, 0) is 37.3 Å². The zero-order valence-corrected chi connectivity index (χ0v) is 11.8. The highest BCUT2D eigenvalue weighted by atomic mass is 16.3. The number of amides is 1. The Bertz CT molecular complexity index is 535. The number of rotatable bonds is 2. The maximum Gasteiger partial charge on any atom is 0.221 e. The molecule has 1 saturated carbocycles. The van der Waals surface area contributed by atoms with E-state index in [4.69, 9.17) is 0 Å². The SMILES string of the molecule is CC(=O)Nc1ccc(C2(C#N)CCC(C)C(O)C2)nc1. The van der Waals surface area contributed by atoms with E-state index in [9.17, 15) is 15.2 Å². The Kier molecular flexibility index (Phi) is 4.05. The van der Waals surface area contributed by atoms with Gasteiger partial charge in [-0.15, -0.1) is 0 Å². The number of aromatic nitrogens is 1. The second kappa shape index (κ2) is 5.59. The van der Waals surface area contributed by atoms with Crippen molar-refractivity contribution in [1.82, 2.24) is 4.98 Å². The molecule has 1 amide bonds. The van der Waals surface area contributed by atoms with Crippen LogP contribution in [-0.4, -0.2) is 22.1 Å². The number of nitrogens with zero attached hydrogens (tertiary/aromatic N) is 2. The van der Waals surface area contributed by atoms with Crippen LogP contribution in [0, 0.1) is 17.2 Å². The molecule has 0 radical (unpaired) electrons. The van der Waals surface area contributed by atoms with E-state index in [1.807, 2.05) is 6.92 Å². The van der Waals surface area contributed by atoms with Crippen LogP contribution in [0.1, 0.15) is 38.8 Å². The molecule has 2 N–H and O–H groups in total. The number of carbonyl (C=O) groups excluding carboxylic acids is 1. The third-order valence-corrected chi connectivity index (χ3v) is 4.03. The molecule has 106 valence electrons. The summed E-state index contributed by atoms with van der Waals surface area (Å²) >= 11 is 0. The molecule has 1 fully saturated rings. The molecule has 0 aromatic carbocycles. The van der Waals surface area contributed by atoms with Crippen molar-refractivity contribution in [2.75, 3.05) is 5.32 Å². The summed E-state index contributed by atoms with van der Waals surface area (Å²) in [6.07, 6.45) is 3.01. The van der Waals surface area contributed by atoms with Gasteiger partial charge in [0.15, 0.2) is 0 Å². The van der Waals surface area contributed by atoms with Gasteiger partial charge in [-0.25, -0.2) is 0 Å². The Balaban J connectivity index is 2.24. The van der Waals surface area contributed by atoms with Crippen molar-refractivity contribution in [1.29, 1.82) is 5.26 Å². The summed E-state index contributed by atoms with van der Waals surface area (Å²) in [5, 5.41) is 22.2. The molecule has 3 unspecified atom stereocenters. The smallest absolute Gasteiger partial charge is 0.221 e. The van der Waals surface area contributed by atoms with Crippen LogP contribution in [0.3, 0.4) is 0 Å². The van der Waals surface area contributed by atoms with Crippen LogP contribution >= 0.6 is 0 Å². The molecule has 0 aliphatic heterocycles. The van der Waals surface area contributed by atoms with Crippen LogP contribution in [0.4, 0.5) is 5.69 Å². The maximum absolute atomic E-state index is 11.0. The van der Waals surface area contributed by atoms with Crippen LogP contribution in [0.2, 0.25) is 0 Å². The fourth-order valence-electron chi connectivity index (χ4n) is 2.67. The molecule has 1 aromatic rings. The standard InChI is InChI=1S/C15H19N3O2/c1-10-5-6-15(9-16,7-13(10)20)14-4-3-12(8-17-14)18-11(2)19/h3-4,8,10,13,20H,5-7H2,1-2H3,(H,18,19). The van der Waals surface area contributed by atoms with E-state index in [-0.39, 0.29) is 11.8 Å². The molecule has 1 aliphatic carbocycles. The van der Waals surface area contributed by atoms with E-state index in [1.165, 1.54) is 6.92 Å². The molecule has 5 nitrogen and oxygen atoms in total. The minimum Gasteiger partial charge on any atom is -0.393 e. The summed E-state index contributed by atoms with van der Waals surface area (Å²) in [4.78, 5) is 15.3. The predicted octanol–water partition coefficient (Wildman–Crippen LogP) is 1.98. The van der Waals surface area contributed by atoms with Gasteiger partial charge in [0.05, 0.1) is 29.8 Å². The quantitative estimate of drug-likeness (QED) is 0.862. The van der Waals surface area contributed by atoms with Crippen molar-refractivity contribution >= 4 is 11.6 Å². The largest absolute Gasteiger partial charge is 0.393 e. The van der Waals surface area contributed by atoms with Gasteiger partial charge in [-0.1, -0.05) is 6.92 Å². The summed E-state index contributed by atoms with van der Waals surface area (Å²) in [6.45, 7) is 3.43. The van der Waals surface area contributed by atoms with Crippen LogP contribution in [0.5, 0.6) is 0 Å². The van der Waals surface area contributed by atoms with Crippen LogP contribution < -0.4 is 5.32 Å². The van der Waals surface area contributed by atoms with E-state index >= 15 is 0 Å². The van der Waals surface area contributed by atoms with Crippen molar-refractivity contribution in [3.8, 4) is 6.07 Å². The van der Waals surface area contributed by atoms with E-state index in [2.05, 4.69) is 16.4 Å². The number of anilines is 1. The van der Waals surface area contributed by atoms with Gasteiger partial charge in [-0.2, -0.15) is 5.26 Å². The fourth-order valence-corrected chi connectivity index (χ4v) is 2.67. The minimum atomic E-state index is -0.722. The lowest BCUT2D eigenvalue weighted by atomic mass is 9.68. The normalized spacial score (nSPS) is 29.5. The van der Waals surface area contributed by atoms with Crippen LogP contribution in [0.15, 0.2) is 18.3 Å². The second-order valence-corrected chi connectivity index (χ2v) is 5.59. The molecule has 20 heavy (non-hydrogen) atoms. The highest BCUT2D eigenvalue weighted by Gasteiger charge is 2.41. The summed E-state index contributed by atoms with van der Waals surface area (Å²) in [7, 11) is 0. The minimum absolute atomic E-state index is 0.156. The van der Waals surface area contributed by atoms with Crippen LogP contribution in [-0.2, 0) is 10.2 Å². The van der Waals surface area contributed by atoms with E-state index in [0.29, 0.717) is 24.2 Å². The Morgan fingerprint density at radius 3 is 2.85 bits per heavy atom. The summed E-state index contributed by atoms with van der Waals surface area (Å²) in [6, 6.07) is 5.84. The van der Waals surface area contributed by atoms with Gasteiger partial charge < -0.3 is 10.4 Å². The average molecular weight is 273 g/mol. The number of hydrogen-bond acceptors (Lipinski definition) is 4. The predicted molar refractivity (Wildman–Crippen MR) is 74.9 cm³/mol. The summed E-state index contributed by atoms with van der Waals surface area (Å²) in [5.41, 5.74) is 0.555. The van der Waals surface area contributed by atoms with Gasteiger partial charge in [0.1, 0.15) is 5.41 Å². The van der Waals surface area contributed by atoms with E-state index in [1.54, 1.807) is 18.3 Å². The Hall–Kier alpha value is -1.93. The van der Waals surface area contributed by atoms with Crippen molar-refractivity contribution in [3.05, 3.63) is 24.0 Å². The third-order valence-electron chi connectivity index (χ3n) is 4.03. The fraction of sp³-hybridized carbons (Fsp3) is 0.533. The van der Waals surface area contributed by atoms with Crippen molar-refractivity contribution in [2.24, 2.45) is 5.92 Å². The number of nitrogens with one attached hydrogen (secondary N) is 1. The molecule has 1 aliphatic rings. The molecule has 1 heterocycles. The van der Waals surface area contributed by atoms with Crippen LogP contribution in [0.25, 0.3) is 0 Å². The van der Waals surface area contributed by atoms with Gasteiger partial charge in [0, 0.05) is 6.92 Å².